The van der Waals surface area contributed by atoms with E-state index < -0.39 is 0 Å². The molecule has 1 fully saturated rings. The fourth-order valence-corrected chi connectivity index (χ4v) is 2.22. The van der Waals surface area contributed by atoms with Crippen molar-refractivity contribution in [1.82, 2.24) is 9.78 Å². The number of hydrogen-bond acceptors (Lipinski definition) is 3. The van der Waals surface area contributed by atoms with Crippen LogP contribution < -0.4 is 5.73 Å². The van der Waals surface area contributed by atoms with Gasteiger partial charge >= 0.3 is 0 Å². The summed E-state index contributed by atoms with van der Waals surface area (Å²) < 4.78 is 1.66. The van der Waals surface area contributed by atoms with Gasteiger partial charge in [0.25, 0.3) is 0 Å². The van der Waals surface area contributed by atoms with E-state index in [4.69, 9.17) is 5.73 Å². The van der Waals surface area contributed by atoms with Gasteiger partial charge in [-0.1, -0.05) is 6.42 Å². The molecular formula is C11H17N3O. The van der Waals surface area contributed by atoms with Gasteiger partial charge in [0.1, 0.15) is 5.69 Å². The van der Waals surface area contributed by atoms with Crippen molar-refractivity contribution < 1.29 is 4.79 Å². The summed E-state index contributed by atoms with van der Waals surface area (Å²) in [4.78, 5) is 12.0. The highest BCUT2D eigenvalue weighted by Gasteiger charge is 2.27. The van der Waals surface area contributed by atoms with Crippen LogP contribution in [0.1, 0.15) is 36.2 Å². The normalized spacial score (nSPS) is 26.5. The molecule has 0 radical (unpaired) electrons. The summed E-state index contributed by atoms with van der Waals surface area (Å²) in [6.07, 6.45) is 5.69. The molecule has 0 saturated heterocycles. The standard InChI is InChI=1S/C11H17N3O/c1-14-6-5-10(13-14)11(15)8-3-2-4-9(12)7-8/h5-6,8-9H,2-4,7,12H2,1H3. The molecule has 0 bridgehead atoms. The van der Waals surface area contributed by atoms with E-state index in [1.54, 1.807) is 16.9 Å². The van der Waals surface area contributed by atoms with Gasteiger partial charge in [-0.25, -0.2) is 0 Å². The first-order chi connectivity index (χ1) is 7.16. The Labute approximate surface area is 89.5 Å². The zero-order valence-electron chi connectivity index (χ0n) is 9.02. The van der Waals surface area contributed by atoms with Crippen molar-refractivity contribution in [3.05, 3.63) is 18.0 Å². The topological polar surface area (TPSA) is 60.9 Å². The number of Topliss-reactive ketones (excluding diaryl/α,β-unsaturated/α-hetero) is 1. The average Bonchev–Trinajstić information content (AvgIpc) is 2.64. The molecule has 0 spiro atoms. The minimum Gasteiger partial charge on any atom is -0.328 e. The number of ketones is 1. The Morgan fingerprint density at radius 2 is 2.40 bits per heavy atom. The smallest absolute Gasteiger partial charge is 0.186 e. The maximum absolute atomic E-state index is 12.0. The largest absolute Gasteiger partial charge is 0.328 e. The summed E-state index contributed by atoms with van der Waals surface area (Å²) in [6, 6.07) is 1.97. The van der Waals surface area contributed by atoms with E-state index >= 15 is 0 Å². The van der Waals surface area contributed by atoms with E-state index in [0.717, 1.165) is 25.7 Å². The van der Waals surface area contributed by atoms with Crippen LogP contribution in [0, 0.1) is 5.92 Å². The van der Waals surface area contributed by atoms with Crippen LogP contribution in [0.25, 0.3) is 0 Å². The van der Waals surface area contributed by atoms with Crippen LogP contribution in [0.15, 0.2) is 12.3 Å². The first-order valence-corrected chi connectivity index (χ1v) is 5.46. The van der Waals surface area contributed by atoms with E-state index in [-0.39, 0.29) is 17.7 Å². The number of aromatic nitrogens is 2. The molecule has 2 unspecified atom stereocenters. The van der Waals surface area contributed by atoms with Gasteiger partial charge in [-0.3, -0.25) is 9.48 Å². The van der Waals surface area contributed by atoms with Crippen LogP contribution >= 0.6 is 0 Å². The molecule has 15 heavy (non-hydrogen) atoms. The Hall–Kier alpha value is -1.16. The van der Waals surface area contributed by atoms with Gasteiger partial charge in [-0.05, 0) is 25.3 Å². The van der Waals surface area contributed by atoms with Gasteiger partial charge in [-0.2, -0.15) is 5.10 Å². The van der Waals surface area contributed by atoms with E-state index in [2.05, 4.69) is 5.10 Å². The van der Waals surface area contributed by atoms with Crippen molar-refractivity contribution in [2.75, 3.05) is 0 Å². The SMILES string of the molecule is Cn1ccc(C(=O)C2CCCC(N)C2)n1. The lowest BCUT2D eigenvalue weighted by Gasteiger charge is -2.24. The van der Waals surface area contributed by atoms with Gasteiger partial charge in [0.15, 0.2) is 5.78 Å². The first-order valence-electron chi connectivity index (χ1n) is 5.46. The highest BCUT2D eigenvalue weighted by molar-refractivity contribution is 5.96. The second kappa shape index (κ2) is 4.14. The van der Waals surface area contributed by atoms with Crippen LogP contribution in [0.2, 0.25) is 0 Å². The molecule has 1 heterocycles. The number of aryl methyl sites for hydroxylation is 1. The third-order valence-electron chi connectivity index (χ3n) is 3.05. The van der Waals surface area contributed by atoms with Crippen LogP contribution in [-0.4, -0.2) is 21.6 Å². The Morgan fingerprint density at radius 1 is 1.60 bits per heavy atom. The van der Waals surface area contributed by atoms with Gasteiger partial charge in [0.05, 0.1) is 0 Å². The van der Waals surface area contributed by atoms with Gasteiger partial charge in [0, 0.05) is 25.2 Å². The number of nitrogens with zero attached hydrogens (tertiary/aromatic N) is 2. The van der Waals surface area contributed by atoms with Crippen LogP contribution in [0.3, 0.4) is 0 Å². The summed E-state index contributed by atoms with van der Waals surface area (Å²) in [5.41, 5.74) is 6.45. The molecule has 1 aromatic rings. The molecular weight excluding hydrogens is 190 g/mol. The minimum absolute atomic E-state index is 0.0867. The maximum Gasteiger partial charge on any atom is 0.186 e. The summed E-state index contributed by atoms with van der Waals surface area (Å²) in [5.74, 6) is 0.245. The van der Waals surface area contributed by atoms with Crippen LogP contribution in [-0.2, 0) is 7.05 Å². The Balaban J connectivity index is 2.07. The molecule has 0 aliphatic heterocycles. The van der Waals surface area contributed by atoms with Crippen LogP contribution in [0.5, 0.6) is 0 Å². The third-order valence-corrected chi connectivity index (χ3v) is 3.05. The van der Waals surface area contributed by atoms with E-state index in [0.29, 0.717) is 5.69 Å². The van der Waals surface area contributed by atoms with Crippen LogP contribution in [0.4, 0.5) is 0 Å². The second-order valence-electron chi connectivity index (χ2n) is 4.36. The summed E-state index contributed by atoms with van der Waals surface area (Å²) >= 11 is 0. The molecule has 2 atom stereocenters. The van der Waals surface area contributed by atoms with Crippen molar-refractivity contribution in [2.45, 2.75) is 31.7 Å². The van der Waals surface area contributed by atoms with Crippen molar-refractivity contribution in [3.63, 3.8) is 0 Å². The number of carbonyl (C=O) groups excluding carboxylic acids is 1. The predicted molar refractivity (Wildman–Crippen MR) is 57.5 cm³/mol. The summed E-state index contributed by atoms with van der Waals surface area (Å²) in [6.45, 7) is 0. The third kappa shape index (κ3) is 2.26. The molecule has 4 heteroatoms. The molecule has 2 rings (SSSR count). The maximum atomic E-state index is 12.0. The zero-order valence-corrected chi connectivity index (χ0v) is 9.02. The average molecular weight is 207 g/mol. The molecule has 1 aliphatic rings. The Morgan fingerprint density at radius 3 is 3.00 bits per heavy atom. The molecule has 82 valence electrons. The minimum atomic E-state index is 0.0867. The molecule has 2 N–H and O–H groups in total. The molecule has 0 aromatic carbocycles. The quantitative estimate of drug-likeness (QED) is 0.739. The molecule has 0 amide bonds. The summed E-state index contributed by atoms with van der Waals surface area (Å²) in [7, 11) is 1.82. The summed E-state index contributed by atoms with van der Waals surface area (Å²) in [5, 5.41) is 4.14. The highest BCUT2D eigenvalue weighted by Crippen LogP contribution is 2.25. The lowest BCUT2D eigenvalue weighted by Crippen LogP contribution is -2.31. The Bertz CT molecular complexity index is 358. The first kappa shape index (κ1) is 10.4. The van der Waals surface area contributed by atoms with Crippen molar-refractivity contribution in [3.8, 4) is 0 Å². The Kier molecular flexibility index (Phi) is 2.86. The zero-order chi connectivity index (χ0) is 10.8. The van der Waals surface area contributed by atoms with Gasteiger partial charge < -0.3 is 5.73 Å². The molecule has 1 aliphatic carbocycles. The van der Waals surface area contributed by atoms with Crippen molar-refractivity contribution in [1.29, 1.82) is 0 Å². The van der Waals surface area contributed by atoms with Gasteiger partial charge in [-0.15, -0.1) is 0 Å². The second-order valence-corrected chi connectivity index (χ2v) is 4.36. The molecule has 1 aromatic heterocycles. The fourth-order valence-electron chi connectivity index (χ4n) is 2.22. The number of rotatable bonds is 2. The fraction of sp³-hybridized carbons (Fsp3) is 0.636. The van der Waals surface area contributed by atoms with Crippen molar-refractivity contribution in [2.24, 2.45) is 18.7 Å². The monoisotopic (exact) mass is 207 g/mol. The highest BCUT2D eigenvalue weighted by atomic mass is 16.1. The number of nitrogens with two attached hydrogens (primary N) is 1. The number of carbonyl (C=O) groups is 1. The van der Waals surface area contributed by atoms with E-state index in [1.807, 2.05) is 7.05 Å². The lowest BCUT2D eigenvalue weighted by molar-refractivity contribution is 0.0875. The number of hydrogen-bond donors (Lipinski definition) is 1. The van der Waals surface area contributed by atoms with E-state index in [9.17, 15) is 4.79 Å². The van der Waals surface area contributed by atoms with Gasteiger partial charge in [0.2, 0.25) is 0 Å². The van der Waals surface area contributed by atoms with E-state index in [1.165, 1.54) is 0 Å². The predicted octanol–water partition coefficient (Wildman–Crippen LogP) is 1.12. The lowest BCUT2D eigenvalue weighted by atomic mass is 9.83. The molecule has 4 nitrogen and oxygen atoms in total. The van der Waals surface area contributed by atoms with Crippen molar-refractivity contribution >= 4 is 5.78 Å². The molecule has 1 saturated carbocycles.